The van der Waals surface area contributed by atoms with Gasteiger partial charge >= 0.3 is 0 Å². The van der Waals surface area contributed by atoms with Crippen molar-refractivity contribution in [1.29, 1.82) is 0 Å². The highest BCUT2D eigenvalue weighted by atomic mass is 127. The van der Waals surface area contributed by atoms with Gasteiger partial charge in [-0.15, -0.1) is 0 Å². The van der Waals surface area contributed by atoms with Crippen LogP contribution >= 0.6 is 22.6 Å². The number of rotatable bonds is 5. The summed E-state index contributed by atoms with van der Waals surface area (Å²) in [5.41, 5.74) is 2.29. The third-order valence-corrected chi connectivity index (χ3v) is 3.80. The first-order chi connectivity index (χ1) is 10.0. The lowest BCUT2D eigenvalue weighted by Gasteiger charge is -2.15. The summed E-state index contributed by atoms with van der Waals surface area (Å²) in [5.74, 6) is 0.586. The SMILES string of the molecule is Cc1ccc(CNC(=O)[C@H](C)Oc2ccc(I)cc2)cc1. The average molecular weight is 395 g/mol. The Kier molecular flexibility index (Phi) is 5.61. The Labute approximate surface area is 138 Å². The predicted molar refractivity (Wildman–Crippen MR) is 92.3 cm³/mol. The van der Waals surface area contributed by atoms with Crippen LogP contribution in [0.2, 0.25) is 0 Å². The van der Waals surface area contributed by atoms with E-state index in [0.717, 1.165) is 9.13 Å². The molecule has 0 bridgehead atoms. The minimum absolute atomic E-state index is 0.117. The molecule has 2 rings (SSSR count). The maximum absolute atomic E-state index is 12.0. The van der Waals surface area contributed by atoms with Crippen LogP contribution in [0.25, 0.3) is 0 Å². The fourth-order valence-electron chi connectivity index (χ4n) is 1.81. The van der Waals surface area contributed by atoms with E-state index in [1.807, 2.05) is 55.5 Å². The van der Waals surface area contributed by atoms with E-state index in [0.29, 0.717) is 12.3 Å². The van der Waals surface area contributed by atoms with Crippen LogP contribution in [0.1, 0.15) is 18.1 Å². The van der Waals surface area contributed by atoms with Crippen molar-refractivity contribution in [1.82, 2.24) is 5.32 Å². The van der Waals surface area contributed by atoms with Crippen LogP contribution in [0.4, 0.5) is 0 Å². The molecule has 110 valence electrons. The van der Waals surface area contributed by atoms with Crippen molar-refractivity contribution in [3.63, 3.8) is 0 Å². The second-order valence-electron chi connectivity index (χ2n) is 4.92. The molecule has 1 amide bonds. The molecule has 2 aromatic carbocycles. The fraction of sp³-hybridized carbons (Fsp3) is 0.235. The first-order valence-corrected chi connectivity index (χ1v) is 7.88. The number of hydrogen-bond donors (Lipinski definition) is 1. The van der Waals surface area contributed by atoms with E-state index in [4.69, 9.17) is 4.74 Å². The van der Waals surface area contributed by atoms with Crippen LogP contribution in [0.3, 0.4) is 0 Å². The minimum atomic E-state index is -0.518. The zero-order valence-corrected chi connectivity index (χ0v) is 14.3. The normalized spacial score (nSPS) is 11.8. The van der Waals surface area contributed by atoms with Crippen LogP contribution in [0, 0.1) is 10.5 Å². The molecule has 0 spiro atoms. The molecule has 0 radical (unpaired) electrons. The van der Waals surface area contributed by atoms with E-state index in [1.165, 1.54) is 5.56 Å². The van der Waals surface area contributed by atoms with Gasteiger partial charge < -0.3 is 10.1 Å². The summed E-state index contributed by atoms with van der Waals surface area (Å²) < 4.78 is 6.76. The smallest absolute Gasteiger partial charge is 0.261 e. The molecule has 0 saturated heterocycles. The van der Waals surface area contributed by atoms with Gasteiger partial charge in [0.2, 0.25) is 0 Å². The monoisotopic (exact) mass is 395 g/mol. The van der Waals surface area contributed by atoms with Crippen molar-refractivity contribution in [2.75, 3.05) is 0 Å². The number of nitrogens with one attached hydrogen (secondary N) is 1. The zero-order chi connectivity index (χ0) is 15.2. The molecule has 0 aromatic heterocycles. The Morgan fingerprint density at radius 3 is 2.38 bits per heavy atom. The lowest BCUT2D eigenvalue weighted by molar-refractivity contribution is -0.127. The first-order valence-electron chi connectivity index (χ1n) is 6.80. The lowest BCUT2D eigenvalue weighted by atomic mass is 10.1. The van der Waals surface area contributed by atoms with Gasteiger partial charge in [-0.2, -0.15) is 0 Å². The quantitative estimate of drug-likeness (QED) is 0.785. The first kappa shape index (κ1) is 15.8. The second kappa shape index (κ2) is 7.45. The maximum Gasteiger partial charge on any atom is 0.261 e. The Morgan fingerprint density at radius 2 is 1.76 bits per heavy atom. The van der Waals surface area contributed by atoms with Crippen molar-refractivity contribution in [2.45, 2.75) is 26.5 Å². The molecule has 4 heteroatoms. The topological polar surface area (TPSA) is 38.3 Å². The summed E-state index contributed by atoms with van der Waals surface area (Å²) in [7, 11) is 0. The van der Waals surface area contributed by atoms with Crippen molar-refractivity contribution < 1.29 is 9.53 Å². The van der Waals surface area contributed by atoms with E-state index < -0.39 is 6.10 Å². The van der Waals surface area contributed by atoms with E-state index >= 15 is 0 Å². The molecule has 0 aliphatic heterocycles. The van der Waals surface area contributed by atoms with Gasteiger partial charge in [0.15, 0.2) is 6.10 Å². The number of amides is 1. The fourth-order valence-corrected chi connectivity index (χ4v) is 2.17. The van der Waals surface area contributed by atoms with Gasteiger partial charge in [0.25, 0.3) is 5.91 Å². The van der Waals surface area contributed by atoms with E-state index in [9.17, 15) is 4.79 Å². The van der Waals surface area contributed by atoms with Gasteiger partial charge in [-0.1, -0.05) is 29.8 Å². The van der Waals surface area contributed by atoms with Crippen LogP contribution < -0.4 is 10.1 Å². The van der Waals surface area contributed by atoms with E-state index in [1.54, 1.807) is 6.92 Å². The number of halogens is 1. The summed E-state index contributed by atoms with van der Waals surface area (Å²) in [6.45, 7) is 4.31. The molecular weight excluding hydrogens is 377 g/mol. The molecule has 0 saturated carbocycles. The molecular formula is C17H18INO2. The number of carbonyl (C=O) groups is 1. The van der Waals surface area contributed by atoms with Gasteiger partial charge in [0.05, 0.1) is 0 Å². The standard InChI is InChI=1S/C17H18INO2/c1-12-3-5-14(6-4-12)11-19-17(20)13(2)21-16-9-7-15(18)8-10-16/h3-10,13H,11H2,1-2H3,(H,19,20)/t13-/m0/s1. The van der Waals surface area contributed by atoms with Crippen molar-refractivity contribution in [3.8, 4) is 5.75 Å². The molecule has 2 aromatic rings. The summed E-state index contributed by atoms with van der Waals surface area (Å²) in [6, 6.07) is 15.7. The molecule has 0 heterocycles. The highest BCUT2D eigenvalue weighted by molar-refractivity contribution is 14.1. The van der Waals surface area contributed by atoms with Crippen molar-refractivity contribution >= 4 is 28.5 Å². The van der Waals surface area contributed by atoms with Crippen LogP contribution in [-0.2, 0) is 11.3 Å². The molecule has 1 atom stereocenters. The van der Waals surface area contributed by atoms with E-state index in [2.05, 4.69) is 27.9 Å². The molecule has 0 fully saturated rings. The van der Waals surface area contributed by atoms with Gasteiger partial charge in [-0.3, -0.25) is 4.79 Å². The molecule has 21 heavy (non-hydrogen) atoms. The largest absolute Gasteiger partial charge is 0.481 e. The van der Waals surface area contributed by atoms with Gasteiger partial charge in [-0.25, -0.2) is 0 Å². The number of benzene rings is 2. The summed E-state index contributed by atoms with van der Waals surface area (Å²) >= 11 is 2.23. The maximum atomic E-state index is 12.0. The average Bonchev–Trinajstić information content (AvgIpc) is 2.48. The Balaban J connectivity index is 1.84. The van der Waals surface area contributed by atoms with Crippen molar-refractivity contribution in [2.24, 2.45) is 0 Å². The Bertz CT molecular complexity index is 593. The highest BCUT2D eigenvalue weighted by Gasteiger charge is 2.14. The van der Waals surface area contributed by atoms with Crippen LogP contribution in [0.5, 0.6) is 5.75 Å². The van der Waals surface area contributed by atoms with Crippen LogP contribution in [0.15, 0.2) is 48.5 Å². The van der Waals surface area contributed by atoms with Crippen LogP contribution in [-0.4, -0.2) is 12.0 Å². The minimum Gasteiger partial charge on any atom is -0.481 e. The third kappa shape index (κ3) is 5.04. The van der Waals surface area contributed by atoms with Gasteiger partial charge in [0, 0.05) is 10.1 Å². The molecule has 0 aliphatic carbocycles. The molecule has 3 nitrogen and oxygen atoms in total. The number of carbonyl (C=O) groups excluding carboxylic acids is 1. The number of hydrogen-bond acceptors (Lipinski definition) is 2. The number of aryl methyl sites for hydroxylation is 1. The summed E-state index contributed by atoms with van der Waals surface area (Å²) in [6.07, 6.45) is -0.518. The predicted octanol–water partition coefficient (Wildman–Crippen LogP) is 3.68. The third-order valence-electron chi connectivity index (χ3n) is 3.08. The summed E-state index contributed by atoms with van der Waals surface area (Å²) in [5, 5.41) is 2.88. The van der Waals surface area contributed by atoms with Gasteiger partial charge in [0.1, 0.15) is 5.75 Å². The number of ether oxygens (including phenoxy) is 1. The summed E-state index contributed by atoms with van der Waals surface area (Å²) in [4.78, 5) is 12.0. The Hall–Kier alpha value is -1.56. The Morgan fingerprint density at radius 1 is 1.14 bits per heavy atom. The van der Waals surface area contributed by atoms with Crippen molar-refractivity contribution in [3.05, 3.63) is 63.2 Å². The molecule has 1 N–H and O–H groups in total. The lowest BCUT2D eigenvalue weighted by Crippen LogP contribution is -2.35. The zero-order valence-electron chi connectivity index (χ0n) is 12.1. The second-order valence-corrected chi connectivity index (χ2v) is 6.16. The molecule has 0 unspecified atom stereocenters. The van der Waals surface area contributed by atoms with E-state index in [-0.39, 0.29) is 5.91 Å². The molecule has 0 aliphatic rings. The highest BCUT2D eigenvalue weighted by Crippen LogP contribution is 2.15. The van der Waals surface area contributed by atoms with Gasteiger partial charge in [-0.05, 0) is 66.3 Å².